The number of imidazole rings is 1. The van der Waals surface area contributed by atoms with Gasteiger partial charge in [0, 0.05) is 13.1 Å². The number of carbonyl (C=O) groups is 1. The molecule has 30 heavy (non-hydrogen) atoms. The van der Waals surface area contributed by atoms with Gasteiger partial charge in [-0.1, -0.05) is 12.1 Å². The smallest absolute Gasteiger partial charge is 0.335 e. The first-order valence-electron chi connectivity index (χ1n) is 9.44. The van der Waals surface area contributed by atoms with E-state index in [4.69, 9.17) is 14.6 Å². The highest BCUT2D eigenvalue weighted by Gasteiger charge is 2.12. The Bertz CT molecular complexity index is 1250. The van der Waals surface area contributed by atoms with E-state index in [1.165, 1.54) is 17.7 Å². The molecule has 7 nitrogen and oxygen atoms in total. The summed E-state index contributed by atoms with van der Waals surface area (Å²) >= 11 is 0. The summed E-state index contributed by atoms with van der Waals surface area (Å²) in [4.78, 5) is 20.2. The lowest BCUT2D eigenvalue weighted by Gasteiger charge is -2.08. The third-order valence-electron chi connectivity index (χ3n) is 4.93. The quantitative estimate of drug-likeness (QED) is 0.504. The Kier molecular flexibility index (Phi) is 5.10. The van der Waals surface area contributed by atoms with Crippen molar-refractivity contribution in [3.05, 3.63) is 77.1 Å². The van der Waals surface area contributed by atoms with Gasteiger partial charge in [0.2, 0.25) is 5.88 Å². The van der Waals surface area contributed by atoms with Crippen molar-refractivity contribution in [3.63, 3.8) is 0 Å². The number of hydrogen-bond acceptors (Lipinski definition) is 5. The van der Waals surface area contributed by atoms with Crippen LogP contribution in [-0.4, -0.2) is 25.6 Å². The van der Waals surface area contributed by atoms with Gasteiger partial charge in [0.1, 0.15) is 29.4 Å². The topological polar surface area (TPSA) is 86.5 Å². The van der Waals surface area contributed by atoms with Crippen molar-refractivity contribution in [3.8, 4) is 17.4 Å². The number of aromatic nitrogens is 3. The molecule has 152 valence electrons. The zero-order valence-electron chi connectivity index (χ0n) is 16.9. The third-order valence-corrected chi connectivity index (χ3v) is 4.93. The lowest BCUT2D eigenvalue weighted by Crippen LogP contribution is -2.04. The number of aryl methyl sites for hydroxylation is 3. The number of carboxylic acids is 1. The number of pyridine rings is 1. The fourth-order valence-electron chi connectivity index (χ4n) is 3.04. The molecule has 0 amide bonds. The maximum atomic E-state index is 11.1. The second-order valence-corrected chi connectivity index (χ2v) is 7.05. The number of hydrogen-bond donors (Lipinski definition) is 1. The molecule has 0 unspecified atom stereocenters. The minimum atomic E-state index is -0.997. The molecular formula is C23H21N3O4. The first kappa shape index (κ1) is 19.4. The molecule has 0 aliphatic rings. The average molecular weight is 403 g/mol. The Morgan fingerprint density at radius 3 is 2.60 bits per heavy atom. The number of carboxylic acid groups (broad SMARTS) is 1. The van der Waals surface area contributed by atoms with Gasteiger partial charge in [-0.3, -0.25) is 0 Å². The van der Waals surface area contributed by atoms with Crippen molar-refractivity contribution in [2.24, 2.45) is 7.05 Å². The molecule has 0 radical (unpaired) electrons. The number of nitrogens with zero attached hydrogens (tertiary/aromatic N) is 3. The Labute approximate surface area is 173 Å². The van der Waals surface area contributed by atoms with Crippen molar-refractivity contribution in [1.29, 1.82) is 0 Å². The molecule has 0 bridgehead atoms. The molecule has 0 saturated heterocycles. The van der Waals surface area contributed by atoms with Crippen LogP contribution >= 0.6 is 0 Å². The Hall–Kier alpha value is -3.87. The number of aromatic carboxylic acids is 1. The highest BCUT2D eigenvalue weighted by atomic mass is 16.5. The van der Waals surface area contributed by atoms with Crippen molar-refractivity contribution in [2.45, 2.75) is 20.5 Å². The van der Waals surface area contributed by atoms with Crippen LogP contribution in [0.1, 0.15) is 27.3 Å². The highest BCUT2D eigenvalue weighted by Crippen LogP contribution is 2.25. The second-order valence-electron chi connectivity index (χ2n) is 7.05. The van der Waals surface area contributed by atoms with Crippen LogP contribution in [0.3, 0.4) is 0 Å². The number of benzene rings is 2. The van der Waals surface area contributed by atoms with Gasteiger partial charge in [0.25, 0.3) is 0 Å². The molecule has 7 heteroatoms. The molecule has 1 N–H and O–H groups in total. The number of ether oxygens (including phenoxy) is 2. The summed E-state index contributed by atoms with van der Waals surface area (Å²) in [6, 6.07) is 15.9. The van der Waals surface area contributed by atoms with Crippen molar-refractivity contribution >= 4 is 17.1 Å². The summed E-state index contributed by atoms with van der Waals surface area (Å²) in [5.41, 5.74) is 3.93. The van der Waals surface area contributed by atoms with E-state index in [9.17, 15) is 4.79 Å². The van der Waals surface area contributed by atoms with Gasteiger partial charge < -0.3 is 19.1 Å². The summed E-state index contributed by atoms with van der Waals surface area (Å²) in [6.45, 7) is 4.28. The molecule has 0 fully saturated rings. The fourth-order valence-corrected chi connectivity index (χ4v) is 3.04. The molecule has 0 saturated carbocycles. The van der Waals surface area contributed by atoms with E-state index >= 15 is 0 Å². The summed E-state index contributed by atoms with van der Waals surface area (Å²) in [5, 5.41) is 9.10. The maximum absolute atomic E-state index is 11.1. The molecule has 0 aliphatic heterocycles. The molecule has 2 aromatic carbocycles. The molecule has 0 spiro atoms. The maximum Gasteiger partial charge on any atom is 0.335 e. The van der Waals surface area contributed by atoms with Gasteiger partial charge in [-0.2, -0.15) is 4.98 Å². The van der Waals surface area contributed by atoms with Gasteiger partial charge >= 0.3 is 5.97 Å². The Morgan fingerprint density at radius 2 is 1.83 bits per heavy atom. The monoisotopic (exact) mass is 403 g/mol. The van der Waals surface area contributed by atoms with Crippen LogP contribution in [0.5, 0.6) is 17.4 Å². The standard InChI is InChI=1S/C23H21N3O4/c1-14-7-8-18(11-15(14)2)30-21-10-9-19-22(25-21)26(3)20(24-19)13-29-17-6-4-5-16(12-17)23(27)28/h4-12H,13H2,1-3H3,(H,27,28). The number of fused-ring (bicyclic) bond motifs is 1. The molecule has 0 aliphatic carbocycles. The van der Waals surface area contributed by atoms with E-state index in [0.717, 1.165) is 16.8 Å². The van der Waals surface area contributed by atoms with Crippen LogP contribution in [0.25, 0.3) is 11.2 Å². The largest absolute Gasteiger partial charge is 0.486 e. The lowest BCUT2D eigenvalue weighted by molar-refractivity contribution is 0.0696. The van der Waals surface area contributed by atoms with E-state index in [1.54, 1.807) is 18.2 Å². The van der Waals surface area contributed by atoms with Crippen LogP contribution in [0.2, 0.25) is 0 Å². The minimum Gasteiger partial charge on any atom is -0.486 e. The van der Waals surface area contributed by atoms with Crippen LogP contribution < -0.4 is 9.47 Å². The van der Waals surface area contributed by atoms with Gasteiger partial charge in [0.05, 0.1) is 5.56 Å². The van der Waals surface area contributed by atoms with E-state index in [1.807, 2.05) is 42.8 Å². The minimum absolute atomic E-state index is 0.173. The van der Waals surface area contributed by atoms with E-state index < -0.39 is 5.97 Å². The lowest BCUT2D eigenvalue weighted by atomic mass is 10.1. The van der Waals surface area contributed by atoms with Crippen LogP contribution in [-0.2, 0) is 13.7 Å². The first-order valence-corrected chi connectivity index (χ1v) is 9.44. The van der Waals surface area contributed by atoms with Crippen LogP contribution in [0, 0.1) is 13.8 Å². The van der Waals surface area contributed by atoms with E-state index in [0.29, 0.717) is 23.1 Å². The Balaban J connectivity index is 1.54. The number of rotatable bonds is 6. The van der Waals surface area contributed by atoms with Crippen molar-refractivity contribution in [2.75, 3.05) is 0 Å². The van der Waals surface area contributed by atoms with Gasteiger partial charge in [-0.05, 0) is 61.4 Å². The highest BCUT2D eigenvalue weighted by molar-refractivity contribution is 5.88. The molecule has 4 rings (SSSR count). The van der Waals surface area contributed by atoms with Crippen LogP contribution in [0.4, 0.5) is 0 Å². The normalized spacial score (nSPS) is 10.9. The predicted octanol–water partition coefficient (Wildman–Crippen LogP) is 4.65. The van der Waals surface area contributed by atoms with Crippen molar-refractivity contribution < 1.29 is 19.4 Å². The predicted molar refractivity (Wildman–Crippen MR) is 112 cm³/mol. The molecule has 2 heterocycles. The summed E-state index contributed by atoms with van der Waals surface area (Å²) in [5.74, 6) is 1.35. The summed E-state index contributed by atoms with van der Waals surface area (Å²) < 4.78 is 13.5. The second kappa shape index (κ2) is 7.87. The third kappa shape index (κ3) is 3.96. The van der Waals surface area contributed by atoms with E-state index in [2.05, 4.69) is 16.9 Å². The summed E-state index contributed by atoms with van der Waals surface area (Å²) in [7, 11) is 1.86. The van der Waals surface area contributed by atoms with Gasteiger partial charge in [-0.25, -0.2) is 9.78 Å². The fraction of sp³-hybridized carbons (Fsp3) is 0.174. The summed E-state index contributed by atoms with van der Waals surface area (Å²) in [6.07, 6.45) is 0. The molecule has 2 aromatic heterocycles. The Morgan fingerprint density at radius 1 is 1.00 bits per heavy atom. The molecular weight excluding hydrogens is 382 g/mol. The van der Waals surface area contributed by atoms with E-state index in [-0.39, 0.29) is 12.2 Å². The van der Waals surface area contributed by atoms with Crippen molar-refractivity contribution in [1.82, 2.24) is 14.5 Å². The zero-order chi connectivity index (χ0) is 21.3. The SMILES string of the molecule is Cc1ccc(Oc2ccc3nc(COc4cccc(C(=O)O)c4)n(C)c3n2)cc1C. The molecule has 4 aromatic rings. The first-order chi connectivity index (χ1) is 14.4. The van der Waals surface area contributed by atoms with Gasteiger partial charge in [-0.15, -0.1) is 0 Å². The van der Waals surface area contributed by atoms with Gasteiger partial charge in [0.15, 0.2) is 5.65 Å². The molecule has 0 atom stereocenters. The average Bonchev–Trinajstić information content (AvgIpc) is 3.05. The van der Waals surface area contributed by atoms with Crippen LogP contribution in [0.15, 0.2) is 54.6 Å². The zero-order valence-corrected chi connectivity index (χ0v) is 16.9.